The molecule has 5 nitrogen and oxygen atoms in total. The van der Waals surface area contributed by atoms with Gasteiger partial charge in [-0.05, 0) is 86.2 Å². The van der Waals surface area contributed by atoms with Crippen molar-refractivity contribution in [2.75, 3.05) is 28.2 Å². The van der Waals surface area contributed by atoms with Crippen LogP contribution in [-0.2, 0) is 9.59 Å². The van der Waals surface area contributed by atoms with Crippen LogP contribution in [0.3, 0.4) is 0 Å². The van der Waals surface area contributed by atoms with Crippen LogP contribution < -0.4 is 15.1 Å². The number of carbonyl (C=O) groups excluding carboxylic acids is 2. The summed E-state index contributed by atoms with van der Waals surface area (Å²) in [5.41, 5.74) is 6.21. The number of para-hydroxylation sites is 1. The largest absolute Gasteiger partial charge is 0.372 e. The van der Waals surface area contributed by atoms with Crippen LogP contribution in [0.4, 0.5) is 17.1 Å². The maximum atomic E-state index is 13.6. The van der Waals surface area contributed by atoms with Gasteiger partial charge in [-0.3, -0.25) is 9.59 Å². The Morgan fingerprint density at radius 1 is 0.706 bits per heavy atom. The van der Waals surface area contributed by atoms with Crippen LogP contribution in [0.15, 0.2) is 78.5 Å². The normalized spacial score (nSPS) is 16.4. The number of hydrogen-bond donors (Lipinski definition) is 1. The molecule has 5 rings (SSSR count). The highest BCUT2D eigenvalue weighted by atomic mass is 16.2. The van der Waals surface area contributed by atoms with Gasteiger partial charge < -0.3 is 10.2 Å². The molecule has 2 amide bonds. The minimum Gasteiger partial charge on any atom is -0.372 e. The zero-order chi connectivity index (χ0) is 23.7. The van der Waals surface area contributed by atoms with Crippen molar-refractivity contribution >= 4 is 34.4 Å². The fourth-order valence-electron chi connectivity index (χ4n) is 4.67. The Kier molecular flexibility index (Phi) is 5.93. The number of benzene rings is 3. The molecule has 2 aliphatic heterocycles. The molecule has 3 aromatic carbocycles. The van der Waals surface area contributed by atoms with E-state index in [1.54, 1.807) is 12.1 Å². The van der Waals surface area contributed by atoms with Crippen LogP contribution in [0.2, 0.25) is 0 Å². The van der Waals surface area contributed by atoms with Gasteiger partial charge >= 0.3 is 0 Å². The number of nitrogens with zero attached hydrogens (tertiary/aromatic N) is 2. The summed E-state index contributed by atoms with van der Waals surface area (Å²) < 4.78 is 0. The maximum absolute atomic E-state index is 13.6. The van der Waals surface area contributed by atoms with Gasteiger partial charge in [-0.2, -0.15) is 0 Å². The lowest BCUT2D eigenvalue weighted by Crippen LogP contribution is -2.32. The van der Waals surface area contributed by atoms with Crippen molar-refractivity contribution in [3.63, 3.8) is 0 Å². The van der Waals surface area contributed by atoms with Gasteiger partial charge in [-0.25, -0.2) is 4.90 Å². The van der Waals surface area contributed by atoms with Crippen LogP contribution in [-0.4, -0.2) is 24.9 Å². The lowest BCUT2D eigenvalue weighted by atomic mass is 9.99. The number of carbonyl (C=O) groups is 2. The predicted molar refractivity (Wildman–Crippen MR) is 138 cm³/mol. The molecule has 0 bridgehead atoms. The number of amides is 2. The van der Waals surface area contributed by atoms with Crippen molar-refractivity contribution < 1.29 is 9.59 Å². The summed E-state index contributed by atoms with van der Waals surface area (Å²) in [4.78, 5) is 30.8. The van der Waals surface area contributed by atoms with Crippen molar-refractivity contribution in [2.24, 2.45) is 0 Å². The summed E-state index contributed by atoms with van der Waals surface area (Å²) in [5, 5.41) is 3.28. The second-order valence-corrected chi connectivity index (χ2v) is 9.05. The molecule has 0 saturated carbocycles. The molecule has 0 aromatic heterocycles. The first kappa shape index (κ1) is 22.0. The Morgan fingerprint density at radius 3 is 2.09 bits per heavy atom. The van der Waals surface area contributed by atoms with Gasteiger partial charge in [0.25, 0.3) is 11.8 Å². The van der Waals surface area contributed by atoms with E-state index < -0.39 is 0 Å². The van der Waals surface area contributed by atoms with E-state index in [9.17, 15) is 9.59 Å². The Bertz CT molecular complexity index is 1260. The standard InChI is InChI=1S/C29H29N3O2/c1-20-11-12-22(19-21(20)2)26-27(29(34)32(28(26)33)25-9-5-3-6-10-25)30-23-13-15-24(16-14-23)31-17-7-4-8-18-31/h3,5-6,9-16,19,30H,4,7-8,17-18H2,1-2H3. The van der Waals surface area contributed by atoms with Crippen molar-refractivity contribution in [1.29, 1.82) is 0 Å². The molecule has 0 unspecified atom stereocenters. The summed E-state index contributed by atoms with van der Waals surface area (Å²) in [6.07, 6.45) is 3.73. The molecule has 34 heavy (non-hydrogen) atoms. The molecule has 172 valence electrons. The van der Waals surface area contributed by atoms with E-state index in [1.165, 1.54) is 29.8 Å². The first-order chi connectivity index (χ1) is 16.5. The number of piperidine rings is 1. The summed E-state index contributed by atoms with van der Waals surface area (Å²) >= 11 is 0. The smallest absolute Gasteiger partial charge is 0.282 e. The van der Waals surface area contributed by atoms with E-state index in [0.717, 1.165) is 35.5 Å². The lowest BCUT2D eigenvalue weighted by molar-refractivity contribution is -0.120. The fraction of sp³-hybridized carbons (Fsp3) is 0.241. The molecular weight excluding hydrogens is 422 g/mol. The average molecular weight is 452 g/mol. The molecule has 2 heterocycles. The molecule has 0 radical (unpaired) electrons. The van der Waals surface area contributed by atoms with Gasteiger partial charge in [0.1, 0.15) is 5.70 Å². The molecular formula is C29H29N3O2. The minimum absolute atomic E-state index is 0.308. The number of aryl methyl sites for hydroxylation is 2. The van der Waals surface area contributed by atoms with E-state index in [2.05, 4.69) is 22.3 Å². The molecule has 1 fully saturated rings. The molecule has 2 aliphatic rings. The van der Waals surface area contributed by atoms with Gasteiger partial charge in [0.05, 0.1) is 11.3 Å². The summed E-state index contributed by atoms with van der Waals surface area (Å²) in [7, 11) is 0. The van der Waals surface area contributed by atoms with E-state index in [1.807, 2.05) is 62.4 Å². The van der Waals surface area contributed by atoms with Crippen LogP contribution in [0.1, 0.15) is 36.0 Å². The third-order valence-corrected chi connectivity index (χ3v) is 6.75. The van der Waals surface area contributed by atoms with E-state index in [0.29, 0.717) is 17.0 Å². The van der Waals surface area contributed by atoms with Gasteiger partial charge in [-0.15, -0.1) is 0 Å². The SMILES string of the molecule is Cc1ccc(C2=C(Nc3ccc(N4CCCCC4)cc3)C(=O)N(c3ccccc3)C2=O)cc1C. The van der Waals surface area contributed by atoms with Crippen LogP contribution in [0.5, 0.6) is 0 Å². The van der Waals surface area contributed by atoms with Crippen LogP contribution >= 0.6 is 0 Å². The van der Waals surface area contributed by atoms with Gasteiger partial charge in [-0.1, -0.05) is 36.4 Å². The van der Waals surface area contributed by atoms with Crippen LogP contribution in [0.25, 0.3) is 5.57 Å². The van der Waals surface area contributed by atoms with Gasteiger partial charge in [0, 0.05) is 24.5 Å². The highest BCUT2D eigenvalue weighted by Gasteiger charge is 2.40. The Balaban J connectivity index is 1.51. The number of hydrogen-bond acceptors (Lipinski definition) is 4. The third kappa shape index (κ3) is 4.10. The first-order valence-electron chi connectivity index (χ1n) is 11.9. The first-order valence-corrected chi connectivity index (χ1v) is 11.9. The average Bonchev–Trinajstić information content (AvgIpc) is 3.11. The monoisotopic (exact) mass is 451 g/mol. The summed E-state index contributed by atoms with van der Waals surface area (Å²) in [5.74, 6) is -0.656. The van der Waals surface area contributed by atoms with E-state index in [-0.39, 0.29) is 11.8 Å². The zero-order valence-electron chi connectivity index (χ0n) is 19.7. The van der Waals surface area contributed by atoms with Crippen molar-refractivity contribution in [3.8, 4) is 0 Å². The number of nitrogens with one attached hydrogen (secondary N) is 1. The molecule has 0 atom stereocenters. The molecule has 1 saturated heterocycles. The number of rotatable bonds is 5. The third-order valence-electron chi connectivity index (χ3n) is 6.75. The number of anilines is 3. The van der Waals surface area contributed by atoms with Crippen molar-refractivity contribution in [3.05, 3.63) is 95.2 Å². The lowest BCUT2D eigenvalue weighted by Gasteiger charge is -2.28. The molecule has 0 aliphatic carbocycles. The summed E-state index contributed by atoms with van der Waals surface area (Å²) in [6.45, 7) is 6.21. The molecule has 3 aromatic rings. The van der Waals surface area contributed by atoms with Crippen LogP contribution in [0, 0.1) is 13.8 Å². The number of imide groups is 1. The zero-order valence-corrected chi connectivity index (χ0v) is 19.7. The highest BCUT2D eigenvalue weighted by Crippen LogP contribution is 2.34. The van der Waals surface area contributed by atoms with E-state index in [4.69, 9.17) is 0 Å². The van der Waals surface area contributed by atoms with Gasteiger partial charge in [0.2, 0.25) is 0 Å². The highest BCUT2D eigenvalue weighted by molar-refractivity contribution is 6.46. The Hall–Kier alpha value is -3.86. The van der Waals surface area contributed by atoms with Gasteiger partial charge in [0.15, 0.2) is 0 Å². The Labute approximate surface area is 200 Å². The van der Waals surface area contributed by atoms with Crippen molar-refractivity contribution in [1.82, 2.24) is 0 Å². The predicted octanol–water partition coefficient (Wildman–Crippen LogP) is 5.69. The second-order valence-electron chi connectivity index (χ2n) is 9.05. The minimum atomic E-state index is -0.343. The molecule has 5 heteroatoms. The summed E-state index contributed by atoms with van der Waals surface area (Å²) in [6, 6.07) is 23.1. The molecule has 1 N–H and O–H groups in total. The molecule has 0 spiro atoms. The maximum Gasteiger partial charge on any atom is 0.282 e. The fourth-order valence-corrected chi connectivity index (χ4v) is 4.67. The Morgan fingerprint density at radius 2 is 1.41 bits per heavy atom. The van der Waals surface area contributed by atoms with Crippen molar-refractivity contribution in [2.45, 2.75) is 33.1 Å². The second kappa shape index (κ2) is 9.18. The quantitative estimate of drug-likeness (QED) is 0.506. The van der Waals surface area contributed by atoms with E-state index >= 15 is 0 Å². The topological polar surface area (TPSA) is 52.7 Å².